The number of carbonyl (C=O) groups excluding carboxylic acids is 1. The molecule has 0 aromatic carbocycles. The van der Waals surface area contributed by atoms with Crippen LogP contribution in [0.2, 0.25) is 0 Å². The average Bonchev–Trinajstić information content (AvgIpc) is 2.89. The van der Waals surface area contributed by atoms with Crippen molar-refractivity contribution < 1.29 is 9.90 Å². The van der Waals surface area contributed by atoms with E-state index in [1.54, 1.807) is 0 Å². The molecule has 2 N–H and O–H groups in total. The van der Waals surface area contributed by atoms with Gasteiger partial charge in [-0.25, -0.2) is 0 Å². The first kappa shape index (κ1) is 17.5. The maximum atomic E-state index is 12.5. The van der Waals surface area contributed by atoms with Gasteiger partial charge in [0.25, 0.3) is 0 Å². The van der Waals surface area contributed by atoms with Gasteiger partial charge < -0.3 is 10.4 Å². The number of hydrogen-bond acceptors (Lipinski definition) is 3. The van der Waals surface area contributed by atoms with Gasteiger partial charge in [-0.05, 0) is 79.6 Å². The van der Waals surface area contributed by atoms with Gasteiger partial charge in [0, 0.05) is 6.54 Å². The monoisotopic (exact) mass is 343 g/mol. The van der Waals surface area contributed by atoms with Crippen LogP contribution < -0.4 is 5.32 Å². The predicted octanol–water partition coefficient (Wildman–Crippen LogP) is 3.63. The molecule has 0 amide bonds. The van der Waals surface area contributed by atoms with Gasteiger partial charge in [0.1, 0.15) is 0 Å². The lowest BCUT2D eigenvalue weighted by Crippen LogP contribution is -2.54. The van der Waals surface area contributed by atoms with Crippen LogP contribution in [0.3, 0.4) is 0 Å². The number of nitrogens with one attached hydrogen (secondary N) is 1. The third-order valence-electron chi connectivity index (χ3n) is 8.48. The summed E-state index contributed by atoms with van der Waals surface area (Å²) in [6.07, 6.45) is 11.4. The molecule has 0 spiro atoms. The maximum absolute atomic E-state index is 12.5. The van der Waals surface area contributed by atoms with E-state index in [0.29, 0.717) is 24.3 Å². The van der Waals surface area contributed by atoms with E-state index >= 15 is 0 Å². The maximum Gasteiger partial charge on any atom is 0.172 e. The lowest BCUT2D eigenvalue weighted by atomic mass is 9.47. The van der Waals surface area contributed by atoms with E-state index in [-0.39, 0.29) is 28.8 Å². The van der Waals surface area contributed by atoms with Crippen LogP contribution in [0.15, 0.2) is 24.3 Å². The van der Waals surface area contributed by atoms with Crippen molar-refractivity contribution in [1.29, 1.82) is 0 Å². The Hall–Kier alpha value is -0.930. The van der Waals surface area contributed by atoms with E-state index in [2.05, 4.69) is 25.7 Å². The fourth-order valence-electron chi connectivity index (χ4n) is 7.01. The Balaban J connectivity index is 1.63. The molecule has 4 aliphatic rings. The second kappa shape index (κ2) is 6.06. The van der Waals surface area contributed by atoms with Crippen molar-refractivity contribution in [2.75, 3.05) is 6.54 Å². The van der Waals surface area contributed by atoms with Gasteiger partial charge in [-0.2, -0.15) is 0 Å². The normalized spacial score (nSPS) is 49.0. The molecule has 0 aromatic heterocycles. The molecule has 0 aromatic rings. The van der Waals surface area contributed by atoms with Crippen LogP contribution in [-0.2, 0) is 4.79 Å². The van der Waals surface area contributed by atoms with Gasteiger partial charge in [0.2, 0.25) is 0 Å². The summed E-state index contributed by atoms with van der Waals surface area (Å²) >= 11 is 0. The number of hydrogen-bond donors (Lipinski definition) is 2. The van der Waals surface area contributed by atoms with Gasteiger partial charge >= 0.3 is 0 Å². The molecule has 4 rings (SSSR count). The SMILES string of the molecule is C=CCNC1C[C@@]2(C)C(=CC1=O)CC[C@H]1[C@@H]3CC[C@H](O)[C@@]3(C)CC[C@@H]12. The van der Waals surface area contributed by atoms with Crippen molar-refractivity contribution in [3.63, 3.8) is 0 Å². The fraction of sp³-hybridized carbons (Fsp3) is 0.773. The van der Waals surface area contributed by atoms with Crippen LogP contribution in [0.4, 0.5) is 0 Å². The minimum absolute atomic E-state index is 0.0621. The standard InChI is InChI=1S/C22H33NO2/c1-4-11-23-18-13-22(3)14(12-19(18)24)5-6-15-16-7-8-20(25)21(16,2)10-9-17(15)22/h4,12,15-18,20,23,25H,1,5-11,13H2,2-3H3/t15-,16-,17-,18?,20-,21-,22-/m0/s1. The minimum atomic E-state index is -0.113. The predicted molar refractivity (Wildman–Crippen MR) is 100 cm³/mol. The molecule has 0 heterocycles. The zero-order chi connectivity index (χ0) is 17.8. The summed E-state index contributed by atoms with van der Waals surface area (Å²) < 4.78 is 0. The number of aliphatic hydroxyl groups excluding tert-OH is 1. The van der Waals surface area contributed by atoms with E-state index in [1.807, 2.05) is 12.2 Å². The van der Waals surface area contributed by atoms with Crippen LogP contribution in [0, 0.1) is 28.6 Å². The topological polar surface area (TPSA) is 49.3 Å². The molecule has 0 saturated heterocycles. The van der Waals surface area contributed by atoms with Crippen molar-refractivity contribution in [2.45, 2.75) is 70.9 Å². The summed E-state index contributed by atoms with van der Waals surface area (Å²) in [7, 11) is 0. The second-order valence-corrected chi connectivity index (χ2v) is 9.50. The highest BCUT2D eigenvalue weighted by Gasteiger charge is 2.59. The number of carbonyl (C=O) groups is 1. The van der Waals surface area contributed by atoms with Crippen LogP contribution in [0.25, 0.3) is 0 Å². The number of allylic oxidation sites excluding steroid dienone is 1. The van der Waals surface area contributed by atoms with Crippen LogP contribution in [-0.4, -0.2) is 29.6 Å². The second-order valence-electron chi connectivity index (χ2n) is 9.50. The third kappa shape index (κ3) is 2.49. The largest absolute Gasteiger partial charge is 0.393 e. The van der Waals surface area contributed by atoms with Crippen LogP contribution >= 0.6 is 0 Å². The van der Waals surface area contributed by atoms with Gasteiger partial charge in [-0.3, -0.25) is 4.79 Å². The van der Waals surface area contributed by atoms with Crippen molar-refractivity contribution >= 4 is 5.78 Å². The molecular formula is C22H33NO2. The van der Waals surface area contributed by atoms with Crippen molar-refractivity contribution in [3.05, 3.63) is 24.3 Å². The molecule has 0 aliphatic heterocycles. The Labute approximate surface area is 152 Å². The number of rotatable bonds is 3. The van der Waals surface area contributed by atoms with E-state index in [1.165, 1.54) is 24.8 Å². The molecule has 4 aliphatic carbocycles. The zero-order valence-corrected chi connectivity index (χ0v) is 15.8. The fourth-order valence-corrected chi connectivity index (χ4v) is 7.01. The van der Waals surface area contributed by atoms with Crippen LogP contribution in [0.1, 0.15) is 58.8 Å². The average molecular weight is 344 g/mol. The molecule has 138 valence electrons. The summed E-state index contributed by atoms with van der Waals surface area (Å²) in [5, 5.41) is 14.0. The molecule has 3 fully saturated rings. The molecule has 3 saturated carbocycles. The Kier molecular flexibility index (Phi) is 4.24. The summed E-state index contributed by atoms with van der Waals surface area (Å²) in [5.41, 5.74) is 1.67. The van der Waals surface area contributed by atoms with Gasteiger partial charge in [-0.15, -0.1) is 6.58 Å². The number of ketones is 1. The first-order chi connectivity index (χ1) is 11.9. The molecule has 0 bridgehead atoms. The van der Waals surface area contributed by atoms with Gasteiger partial charge in [-0.1, -0.05) is 25.5 Å². The van der Waals surface area contributed by atoms with Gasteiger partial charge in [0.15, 0.2) is 5.78 Å². The molecule has 1 unspecified atom stereocenters. The summed E-state index contributed by atoms with van der Waals surface area (Å²) in [5.74, 6) is 2.30. The van der Waals surface area contributed by atoms with Crippen molar-refractivity contribution in [2.24, 2.45) is 28.6 Å². The Bertz CT molecular complexity index is 611. The number of fused-ring (bicyclic) bond motifs is 5. The first-order valence-electron chi connectivity index (χ1n) is 10.2. The molecule has 7 atom stereocenters. The smallest absolute Gasteiger partial charge is 0.172 e. The summed E-state index contributed by atoms with van der Waals surface area (Å²) in [6, 6.07) is -0.0621. The third-order valence-corrected chi connectivity index (χ3v) is 8.48. The highest BCUT2D eigenvalue weighted by Crippen LogP contribution is 2.65. The van der Waals surface area contributed by atoms with E-state index in [4.69, 9.17) is 0 Å². The quantitative estimate of drug-likeness (QED) is 0.769. The van der Waals surface area contributed by atoms with Crippen molar-refractivity contribution in [3.8, 4) is 0 Å². The van der Waals surface area contributed by atoms with Gasteiger partial charge in [0.05, 0.1) is 12.1 Å². The molecule has 3 nitrogen and oxygen atoms in total. The molecular weight excluding hydrogens is 310 g/mol. The zero-order valence-electron chi connectivity index (χ0n) is 15.8. The first-order valence-corrected chi connectivity index (χ1v) is 10.2. The molecule has 25 heavy (non-hydrogen) atoms. The molecule has 3 heteroatoms. The minimum Gasteiger partial charge on any atom is -0.393 e. The lowest BCUT2D eigenvalue weighted by molar-refractivity contribution is -0.120. The molecule has 0 radical (unpaired) electrons. The van der Waals surface area contributed by atoms with E-state index in [9.17, 15) is 9.90 Å². The Morgan fingerprint density at radius 1 is 1.28 bits per heavy atom. The lowest BCUT2D eigenvalue weighted by Gasteiger charge is -2.58. The van der Waals surface area contributed by atoms with Crippen LogP contribution in [0.5, 0.6) is 0 Å². The van der Waals surface area contributed by atoms with Crippen molar-refractivity contribution in [1.82, 2.24) is 5.32 Å². The van der Waals surface area contributed by atoms with E-state index < -0.39 is 0 Å². The highest BCUT2D eigenvalue weighted by atomic mass is 16.3. The highest BCUT2D eigenvalue weighted by molar-refractivity contribution is 5.96. The number of aliphatic hydroxyl groups is 1. The summed E-state index contributed by atoms with van der Waals surface area (Å²) in [4.78, 5) is 12.5. The Morgan fingerprint density at radius 2 is 2.08 bits per heavy atom. The Morgan fingerprint density at radius 3 is 2.84 bits per heavy atom. The summed E-state index contributed by atoms with van der Waals surface area (Å²) in [6.45, 7) is 9.21. The van der Waals surface area contributed by atoms with E-state index in [0.717, 1.165) is 25.7 Å².